The van der Waals surface area contributed by atoms with Crippen LogP contribution in [-0.4, -0.2) is 70.9 Å². The van der Waals surface area contributed by atoms with Crippen LogP contribution in [0.2, 0.25) is 0 Å². The predicted molar refractivity (Wildman–Crippen MR) is 140 cm³/mol. The molecular weight excluding hydrogens is 526 g/mol. The minimum Gasteiger partial charge on any atom is -0.481 e. The number of hydrogen-bond acceptors (Lipinski definition) is 10. The SMILES string of the molecule is O=C(O)C1CCC([N+](=O)[O-])CC1C(=O)OC1CCC(OC2CCC(OOCC3CCCCC3COO)CC2)CC1. The molecule has 4 aliphatic carbocycles. The van der Waals surface area contributed by atoms with Crippen LogP contribution < -0.4 is 0 Å². The number of ether oxygens (including phenoxy) is 2. The third-order valence-corrected chi connectivity index (χ3v) is 9.49. The maximum absolute atomic E-state index is 12.8. The van der Waals surface area contributed by atoms with Crippen molar-refractivity contribution in [3.8, 4) is 0 Å². The molecule has 40 heavy (non-hydrogen) atoms. The minimum atomic E-state index is -1.10. The molecule has 5 atom stereocenters. The lowest BCUT2D eigenvalue weighted by Gasteiger charge is -2.35. The number of carbonyl (C=O) groups is 2. The zero-order valence-electron chi connectivity index (χ0n) is 23.2. The summed E-state index contributed by atoms with van der Waals surface area (Å²) < 4.78 is 12.0. The lowest BCUT2D eigenvalue weighted by molar-refractivity contribution is -0.528. The molecule has 5 unspecified atom stereocenters. The van der Waals surface area contributed by atoms with E-state index in [-0.39, 0.29) is 43.7 Å². The minimum absolute atomic E-state index is 0.0513. The summed E-state index contributed by atoms with van der Waals surface area (Å²) in [6.45, 7) is 0.864. The first-order valence-electron chi connectivity index (χ1n) is 15.1. The van der Waals surface area contributed by atoms with Gasteiger partial charge in [-0.3, -0.25) is 25.0 Å². The molecule has 4 fully saturated rings. The molecule has 4 rings (SSSR count). The molecule has 0 amide bonds. The first-order valence-corrected chi connectivity index (χ1v) is 15.1. The first kappa shape index (κ1) is 31.1. The van der Waals surface area contributed by atoms with Gasteiger partial charge in [0.25, 0.3) is 0 Å². The van der Waals surface area contributed by atoms with Gasteiger partial charge in [0, 0.05) is 17.8 Å². The lowest BCUT2D eigenvalue weighted by Crippen LogP contribution is -2.42. The fraction of sp³-hybridized carbons (Fsp3) is 0.929. The summed E-state index contributed by atoms with van der Waals surface area (Å²) in [6, 6.07) is -0.902. The van der Waals surface area contributed by atoms with E-state index in [2.05, 4.69) is 4.89 Å². The molecule has 0 heterocycles. The van der Waals surface area contributed by atoms with Gasteiger partial charge in [-0.05, 0) is 82.5 Å². The summed E-state index contributed by atoms with van der Waals surface area (Å²) in [5.74, 6) is -2.98. The zero-order valence-corrected chi connectivity index (χ0v) is 23.2. The molecule has 4 aliphatic rings. The van der Waals surface area contributed by atoms with Crippen molar-refractivity contribution in [2.75, 3.05) is 13.2 Å². The highest BCUT2D eigenvalue weighted by Gasteiger charge is 2.45. The molecule has 0 aliphatic heterocycles. The summed E-state index contributed by atoms with van der Waals surface area (Å²) in [5.41, 5.74) is 0. The normalized spacial score (nSPS) is 37.0. The second-order valence-electron chi connectivity index (χ2n) is 12.2. The summed E-state index contributed by atoms with van der Waals surface area (Å²) in [5, 5.41) is 29.5. The molecule has 0 saturated heterocycles. The van der Waals surface area contributed by atoms with Crippen LogP contribution >= 0.6 is 0 Å². The molecule has 12 nitrogen and oxygen atoms in total. The van der Waals surface area contributed by atoms with Gasteiger partial charge in [-0.1, -0.05) is 12.8 Å². The van der Waals surface area contributed by atoms with E-state index in [9.17, 15) is 24.8 Å². The van der Waals surface area contributed by atoms with Crippen LogP contribution in [0.3, 0.4) is 0 Å². The van der Waals surface area contributed by atoms with Crippen LogP contribution in [0.1, 0.15) is 96.3 Å². The van der Waals surface area contributed by atoms with Gasteiger partial charge >= 0.3 is 11.9 Å². The third-order valence-electron chi connectivity index (χ3n) is 9.49. The largest absolute Gasteiger partial charge is 0.481 e. The first-order chi connectivity index (χ1) is 19.3. The molecule has 0 aromatic carbocycles. The number of rotatable bonds is 12. The van der Waals surface area contributed by atoms with Crippen molar-refractivity contribution in [2.24, 2.45) is 23.7 Å². The van der Waals surface area contributed by atoms with Crippen LogP contribution in [0.5, 0.6) is 0 Å². The Morgan fingerprint density at radius 3 is 1.90 bits per heavy atom. The van der Waals surface area contributed by atoms with Crippen molar-refractivity contribution in [1.82, 2.24) is 0 Å². The van der Waals surface area contributed by atoms with Crippen molar-refractivity contribution in [1.29, 1.82) is 0 Å². The van der Waals surface area contributed by atoms with Crippen molar-refractivity contribution in [2.45, 2.75) is 127 Å². The molecule has 0 bridgehead atoms. The number of nitrogens with zero attached hydrogens (tertiary/aromatic N) is 1. The average Bonchev–Trinajstić information content (AvgIpc) is 2.95. The number of aliphatic carboxylic acids is 1. The van der Waals surface area contributed by atoms with Gasteiger partial charge in [0.2, 0.25) is 6.04 Å². The number of carbonyl (C=O) groups excluding carboxylic acids is 1. The standard InChI is InChI=1S/C28H45NO11/c30-27(31)25-14-5-20(29(33)34)15-26(25)28(32)39-23-8-6-21(7-9-23)38-22-10-12-24(13-11-22)40-37-17-19-4-2-1-3-18(19)16-36-35/h18-26,35H,1-17H2,(H,30,31). The van der Waals surface area contributed by atoms with Gasteiger partial charge in [-0.15, -0.1) is 0 Å². The van der Waals surface area contributed by atoms with Crippen LogP contribution in [0.15, 0.2) is 0 Å². The highest BCUT2D eigenvalue weighted by Crippen LogP contribution is 2.35. The highest BCUT2D eigenvalue weighted by atomic mass is 17.2. The molecule has 0 aromatic rings. The van der Waals surface area contributed by atoms with Gasteiger partial charge in [-0.25, -0.2) is 14.7 Å². The number of nitro groups is 1. The molecule has 4 saturated carbocycles. The van der Waals surface area contributed by atoms with Gasteiger partial charge < -0.3 is 14.6 Å². The maximum Gasteiger partial charge on any atom is 0.310 e. The van der Waals surface area contributed by atoms with E-state index < -0.39 is 34.7 Å². The van der Waals surface area contributed by atoms with Gasteiger partial charge in [-0.2, -0.15) is 0 Å². The molecule has 0 spiro atoms. The fourth-order valence-electron chi connectivity index (χ4n) is 7.01. The molecule has 0 aromatic heterocycles. The Kier molecular flexibility index (Phi) is 12.0. The molecular formula is C28H45NO11. The van der Waals surface area contributed by atoms with E-state index in [1.165, 1.54) is 6.42 Å². The summed E-state index contributed by atoms with van der Waals surface area (Å²) >= 11 is 0. The summed E-state index contributed by atoms with van der Waals surface area (Å²) in [7, 11) is 0. The van der Waals surface area contributed by atoms with Gasteiger partial charge in [0.05, 0.1) is 43.4 Å². The Hall–Kier alpha value is -1.86. The molecule has 228 valence electrons. The van der Waals surface area contributed by atoms with Crippen molar-refractivity contribution >= 4 is 11.9 Å². The monoisotopic (exact) mass is 571 g/mol. The van der Waals surface area contributed by atoms with E-state index >= 15 is 0 Å². The van der Waals surface area contributed by atoms with Crippen LogP contribution in [0.25, 0.3) is 0 Å². The Balaban J connectivity index is 1.11. The van der Waals surface area contributed by atoms with Crippen LogP contribution in [0, 0.1) is 33.8 Å². The number of carboxylic acids is 1. The maximum atomic E-state index is 12.8. The van der Waals surface area contributed by atoms with E-state index in [1.54, 1.807) is 0 Å². The lowest BCUT2D eigenvalue weighted by atomic mass is 9.77. The number of hydrogen-bond donors (Lipinski definition) is 2. The Bertz CT molecular complexity index is 823. The molecule has 0 radical (unpaired) electrons. The Labute approximate surface area is 235 Å². The van der Waals surface area contributed by atoms with E-state index in [0.29, 0.717) is 37.9 Å². The fourth-order valence-corrected chi connectivity index (χ4v) is 7.01. The van der Waals surface area contributed by atoms with Crippen LogP contribution in [0.4, 0.5) is 0 Å². The van der Waals surface area contributed by atoms with E-state index in [0.717, 1.165) is 57.8 Å². The van der Waals surface area contributed by atoms with Crippen molar-refractivity contribution < 1.29 is 49.0 Å². The topological polar surface area (TPSA) is 164 Å². The second-order valence-corrected chi connectivity index (χ2v) is 12.2. The van der Waals surface area contributed by atoms with Crippen molar-refractivity contribution in [3.05, 3.63) is 10.1 Å². The zero-order chi connectivity index (χ0) is 28.5. The smallest absolute Gasteiger partial charge is 0.310 e. The average molecular weight is 572 g/mol. The number of carboxylic acid groups (broad SMARTS) is 1. The highest BCUT2D eigenvalue weighted by molar-refractivity contribution is 5.81. The third kappa shape index (κ3) is 8.82. The second kappa shape index (κ2) is 15.4. The van der Waals surface area contributed by atoms with E-state index in [1.807, 2.05) is 0 Å². The van der Waals surface area contributed by atoms with E-state index in [4.69, 9.17) is 24.5 Å². The predicted octanol–water partition coefficient (Wildman–Crippen LogP) is 4.56. The Morgan fingerprint density at radius 2 is 1.32 bits per heavy atom. The Morgan fingerprint density at radius 1 is 0.750 bits per heavy atom. The molecule has 2 N–H and O–H groups in total. The molecule has 12 heteroatoms. The van der Waals surface area contributed by atoms with Crippen LogP contribution in [-0.2, 0) is 33.7 Å². The number of esters is 1. The summed E-state index contributed by atoms with van der Waals surface area (Å²) in [4.78, 5) is 50.9. The summed E-state index contributed by atoms with van der Waals surface area (Å²) in [6.07, 6.45) is 10.9. The van der Waals surface area contributed by atoms with Gasteiger partial charge in [0.1, 0.15) is 6.10 Å². The van der Waals surface area contributed by atoms with Crippen molar-refractivity contribution in [3.63, 3.8) is 0 Å². The van der Waals surface area contributed by atoms with Gasteiger partial charge in [0.15, 0.2) is 0 Å². The quantitative estimate of drug-likeness (QED) is 0.146.